The average Bonchev–Trinajstić information content (AvgIpc) is 2.45. The summed E-state index contributed by atoms with van der Waals surface area (Å²) in [6.45, 7) is 0. The van der Waals surface area contributed by atoms with E-state index < -0.39 is 0 Å². The van der Waals surface area contributed by atoms with Gasteiger partial charge in [-0.3, -0.25) is 0 Å². The van der Waals surface area contributed by atoms with Crippen LogP contribution in [0, 0.1) is 29.1 Å². The molecule has 2 bridgehead atoms. The van der Waals surface area contributed by atoms with Crippen molar-refractivity contribution in [3.63, 3.8) is 0 Å². The molecule has 0 aromatic carbocycles. The first-order chi connectivity index (χ1) is 4.40. The molecule has 1 nitrogen and oxygen atoms in total. The summed E-state index contributed by atoms with van der Waals surface area (Å²) in [4.78, 5) is 0. The Morgan fingerprint density at radius 3 is 2.44 bits per heavy atom. The molecule has 0 saturated heterocycles. The van der Waals surface area contributed by atoms with E-state index in [2.05, 4.69) is 6.07 Å². The second-order valence-electron chi connectivity index (χ2n) is 3.41. The second kappa shape index (κ2) is 1.73. The van der Waals surface area contributed by atoms with Crippen LogP contribution in [0.4, 0.5) is 0 Å². The number of fused-ring (bicyclic) bond motifs is 2. The van der Waals surface area contributed by atoms with Gasteiger partial charge in [0.15, 0.2) is 0 Å². The monoisotopic (exact) mass is 121 g/mol. The van der Waals surface area contributed by atoms with Crippen molar-refractivity contribution in [3.8, 4) is 6.07 Å². The van der Waals surface area contributed by atoms with Crippen LogP contribution in [-0.2, 0) is 0 Å². The maximum Gasteiger partial charge on any atom is 0.0658 e. The van der Waals surface area contributed by atoms with E-state index in [0.29, 0.717) is 5.92 Å². The van der Waals surface area contributed by atoms with Gasteiger partial charge < -0.3 is 0 Å². The Bertz CT molecular complexity index is 156. The van der Waals surface area contributed by atoms with E-state index in [0.717, 1.165) is 11.8 Å². The van der Waals surface area contributed by atoms with Crippen LogP contribution < -0.4 is 0 Å². The van der Waals surface area contributed by atoms with E-state index in [1.165, 1.54) is 25.7 Å². The van der Waals surface area contributed by atoms with Crippen molar-refractivity contribution in [2.45, 2.75) is 25.7 Å². The number of nitrogens with zero attached hydrogens (tertiary/aromatic N) is 1. The van der Waals surface area contributed by atoms with Gasteiger partial charge in [-0.1, -0.05) is 6.42 Å². The molecule has 0 spiro atoms. The van der Waals surface area contributed by atoms with Crippen LogP contribution in [-0.4, -0.2) is 0 Å². The standard InChI is InChI=1S/C8H11N/c9-5-8-4-6-1-2-7(8)3-6/h6-8H,1-4H2/t6-,7+,8?/m1/s1. The van der Waals surface area contributed by atoms with Crippen molar-refractivity contribution in [2.24, 2.45) is 17.8 Å². The summed E-state index contributed by atoms with van der Waals surface area (Å²) in [5, 5.41) is 8.64. The zero-order valence-corrected chi connectivity index (χ0v) is 5.51. The van der Waals surface area contributed by atoms with Crippen molar-refractivity contribution in [1.29, 1.82) is 5.26 Å². The molecule has 3 atom stereocenters. The number of nitriles is 1. The fraction of sp³-hybridized carbons (Fsp3) is 0.875. The van der Waals surface area contributed by atoms with Gasteiger partial charge in [0, 0.05) is 5.92 Å². The van der Waals surface area contributed by atoms with Gasteiger partial charge in [0.1, 0.15) is 0 Å². The summed E-state index contributed by atoms with van der Waals surface area (Å²) < 4.78 is 0. The molecule has 1 heteroatoms. The van der Waals surface area contributed by atoms with Crippen LogP contribution in [0.2, 0.25) is 0 Å². The normalized spacial score (nSPS) is 47.2. The van der Waals surface area contributed by atoms with Crippen LogP contribution in [0.5, 0.6) is 0 Å². The van der Waals surface area contributed by atoms with Crippen molar-refractivity contribution >= 4 is 0 Å². The molecule has 0 radical (unpaired) electrons. The first-order valence-electron chi connectivity index (χ1n) is 3.80. The number of rotatable bonds is 0. The van der Waals surface area contributed by atoms with E-state index >= 15 is 0 Å². The summed E-state index contributed by atoms with van der Waals surface area (Å²) in [5.41, 5.74) is 0. The minimum absolute atomic E-state index is 0.434. The molecule has 1 unspecified atom stereocenters. The summed E-state index contributed by atoms with van der Waals surface area (Å²) in [7, 11) is 0. The largest absolute Gasteiger partial charge is 0.198 e. The van der Waals surface area contributed by atoms with E-state index in [9.17, 15) is 0 Å². The smallest absolute Gasteiger partial charge is 0.0658 e. The third-order valence-electron chi connectivity index (χ3n) is 2.90. The molecule has 9 heavy (non-hydrogen) atoms. The van der Waals surface area contributed by atoms with Crippen LogP contribution in [0.15, 0.2) is 0 Å². The molecular weight excluding hydrogens is 110 g/mol. The van der Waals surface area contributed by atoms with Crippen LogP contribution in [0.25, 0.3) is 0 Å². The molecule has 2 saturated carbocycles. The van der Waals surface area contributed by atoms with Crippen molar-refractivity contribution in [3.05, 3.63) is 0 Å². The molecule has 2 aliphatic carbocycles. The lowest BCUT2D eigenvalue weighted by molar-refractivity contribution is 0.402. The van der Waals surface area contributed by atoms with Crippen LogP contribution in [0.1, 0.15) is 25.7 Å². The Labute approximate surface area is 55.7 Å². The number of hydrogen-bond donors (Lipinski definition) is 0. The lowest BCUT2D eigenvalue weighted by atomic mass is 9.90. The maximum absolute atomic E-state index is 8.64. The zero-order valence-electron chi connectivity index (χ0n) is 5.51. The predicted molar refractivity (Wildman–Crippen MR) is 34.6 cm³/mol. The molecule has 0 aromatic rings. The van der Waals surface area contributed by atoms with Gasteiger partial charge >= 0.3 is 0 Å². The first-order valence-corrected chi connectivity index (χ1v) is 3.80. The number of hydrogen-bond acceptors (Lipinski definition) is 1. The van der Waals surface area contributed by atoms with Crippen LogP contribution in [0.3, 0.4) is 0 Å². The highest BCUT2D eigenvalue weighted by Gasteiger charge is 2.39. The van der Waals surface area contributed by atoms with Crippen molar-refractivity contribution < 1.29 is 0 Å². The SMILES string of the molecule is N#CC1C[C@@H]2CC[C@H]1C2. The molecule has 0 aromatic heterocycles. The summed E-state index contributed by atoms with van der Waals surface area (Å²) >= 11 is 0. The molecular formula is C8H11N. The third kappa shape index (κ3) is 0.660. The molecule has 0 N–H and O–H groups in total. The van der Waals surface area contributed by atoms with Gasteiger partial charge in [-0.25, -0.2) is 0 Å². The highest BCUT2D eigenvalue weighted by atomic mass is 14.4. The second-order valence-corrected chi connectivity index (χ2v) is 3.41. The Kier molecular flexibility index (Phi) is 1.02. The zero-order chi connectivity index (χ0) is 6.27. The van der Waals surface area contributed by atoms with Crippen molar-refractivity contribution in [1.82, 2.24) is 0 Å². The third-order valence-corrected chi connectivity index (χ3v) is 2.90. The van der Waals surface area contributed by atoms with E-state index in [4.69, 9.17) is 5.26 Å². The first kappa shape index (κ1) is 5.29. The molecule has 0 aliphatic heterocycles. The van der Waals surface area contributed by atoms with Gasteiger partial charge in [0.25, 0.3) is 0 Å². The molecule has 0 heterocycles. The predicted octanol–water partition coefficient (Wildman–Crippen LogP) is 1.95. The Morgan fingerprint density at radius 2 is 2.11 bits per heavy atom. The average molecular weight is 121 g/mol. The molecule has 0 amide bonds. The Morgan fingerprint density at radius 1 is 1.22 bits per heavy atom. The Hall–Kier alpha value is -0.510. The molecule has 2 aliphatic rings. The van der Waals surface area contributed by atoms with Crippen molar-refractivity contribution in [2.75, 3.05) is 0 Å². The fourth-order valence-electron chi connectivity index (χ4n) is 2.40. The van der Waals surface area contributed by atoms with E-state index in [-0.39, 0.29) is 0 Å². The molecule has 2 rings (SSSR count). The minimum atomic E-state index is 0.434. The van der Waals surface area contributed by atoms with Gasteiger partial charge in [-0.15, -0.1) is 0 Å². The quantitative estimate of drug-likeness (QED) is 0.480. The van der Waals surface area contributed by atoms with E-state index in [1.807, 2.05) is 0 Å². The highest BCUT2D eigenvalue weighted by Crippen LogP contribution is 2.47. The maximum atomic E-state index is 8.64. The molecule has 48 valence electrons. The minimum Gasteiger partial charge on any atom is -0.198 e. The summed E-state index contributed by atoms with van der Waals surface area (Å²) in [5.74, 6) is 2.16. The lowest BCUT2D eigenvalue weighted by Gasteiger charge is -2.12. The fourth-order valence-corrected chi connectivity index (χ4v) is 2.40. The van der Waals surface area contributed by atoms with E-state index in [1.54, 1.807) is 0 Å². The van der Waals surface area contributed by atoms with Gasteiger partial charge in [-0.05, 0) is 31.1 Å². The lowest BCUT2D eigenvalue weighted by Crippen LogP contribution is -2.06. The molecule has 2 fully saturated rings. The Balaban J connectivity index is 2.12. The highest BCUT2D eigenvalue weighted by molar-refractivity contribution is 4.99. The summed E-state index contributed by atoms with van der Waals surface area (Å²) in [6, 6.07) is 2.40. The topological polar surface area (TPSA) is 23.8 Å². The van der Waals surface area contributed by atoms with Crippen LogP contribution >= 0.6 is 0 Å². The van der Waals surface area contributed by atoms with Gasteiger partial charge in [0.2, 0.25) is 0 Å². The van der Waals surface area contributed by atoms with Gasteiger partial charge in [-0.2, -0.15) is 5.26 Å². The summed E-state index contributed by atoms with van der Waals surface area (Å²) in [6.07, 6.45) is 5.31. The van der Waals surface area contributed by atoms with Gasteiger partial charge in [0.05, 0.1) is 6.07 Å².